The summed E-state index contributed by atoms with van der Waals surface area (Å²) in [6, 6.07) is 0. The molecule has 0 saturated carbocycles. The van der Waals surface area contributed by atoms with Gasteiger partial charge in [-0.15, -0.1) is 0 Å². The molecule has 1 aliphatic carbocycles. The van der Waals surface area contributed by atoms with Crippen molar-refractivity contribution in [3.05, 3.63) is 12.2 Å². The lowest BCUT2D eigenvalue weighted by atomic mass is 9.43. The van der Waals surface area contributed by atoms with Gasteiger partial charge in [-0.05, 0) is 18.8 Å². The van der Waals surface area contributed by atoms with Gasteiger partial charge in [0.2, 0.25) is 0 Å². The lowest BCUT2D eigenvalue weighted by Crippen LogP contribution is -2.31. The molecule has 4 heteroatoms. The van der Waals surface area contributed by atoms with E-state index in [1.165, 1.54) is 0 Å². The Morgan fingerprint density at radius 3 is 2.18 bits per heavy atom. The number of carbonyl (C=O) groups is 1. The zero-order valence-electron chi connectivity index (χ0n) is 6.29. The Balaban J connectivity index is 2.65. The van der Waals surface area contributed by atoms with Gasteiger partial charge in [0.1, 0.15) is 0 Å². The van der Waals surface area contributed by atoms with Crippen LogP contribution in [0.15, 0.2) is 12.2 Å². The number of rotatable bonds is 2. The molecule has 6 radical (unpaired) electrons. The first-order valence-electron chi connectivity index (χ1n) is 3.58. The van der Waals surface area contributed by atoms with Gasteiger partial charge in [-0.1, -0.05) is 17.4 Å². The monoisotopic (exact) mass is 140 g/mol. The molecule has 50 valence electrons. The van der Waals surface area contributed by atoms with Crippen molar-refractivity contribution in [2.45, 2.75) is 18.1 Å². The number of hydrogen-bond acceptors (Lipinski definition) is 1. The Kier molecular flexibility index (Phi) is 2.31. The van der Waals surface area contributed by atoms with Gasteiger partial charge in [0.25, 0.3) is 0 Å². The molecule has 0 fully saturated rings. The second-order valence-electron chi connectivity index (χ2n) is 2.94. The molecule has 0 saturated heterocycles. The van der Waals surface area contributed by atoms with Gasteiger partial charge in [-0.2, -0.15) is 0 Å². The average Bonchev–Trinajstić information content (AvgIpc) is 2.37. The minimum Gasteiger partial charge on any atom is -0.314 e. The molecule has 0 heterocycles. The molecular formula is C7H7B3O. The Labute approximate surface area is 70.9 Å². The molecule has 0 atom stereocenters. The first-order valence-corrected chi connectivity index (χ1v) is 3.58. The summed E-state index contributed by atoms with van der Waals surface area (Å²) in [7, 11) is 16.1. The fourth-order valence-electron chi connectivity index (χ4n) is 1.21. The van der Waals surface area contributed by atoms with Crippen LogP contribution in [0.1, 0.15) is 12.8 Å². The number of allylic oxidation sites excluding steroid dienone is 2. The van der Waals surface area contributed by atoms with Crippen LogP contribution in [0.3, 0.4) is 0 Å². The van der Waals surface area contributed by atoms with Gasteiger partial charge in [-0.3, -0.25) is 0 Å². The van der Waals surface area contributed by atoms with Crippen LogP contribution in [0.4, 0.5) is 0 Å². The van der Waals surface area contributed by atoms with Gasteiger partial charge < -0.3 is 4.79 Å². The van der Waals surface area contributed by atoms with Crippen molar-refractivity contribution in [2.24, 2.45) is 5.92 Å². The Morgan fingerprint density at radius 2 is 1.82 bits per heavy atom. The molecule has 1 nitrogen and oxygen atoms in total. The number of hydrogen-bond donors (Lipinski definition) is 0. The van der Waals surface area contributed by atoms with E-state index < -0.39 is 10.9 Å². The van der Waals surface area contributed by atoms with E-state index in [0.29, 0.717) is 0 Å². The SMILES string of the molecule is [B]C(=O)C([B])([B])C1CC=CC1. The first kappa shape index (κ1) is 8.70. The molecule has 0 unspecified atom stereocenters. The van der Waals surface area contributed by atoms with E-state index in [-0.39, 0.29) is 5.92 Å². The standard InChI is InChI=1S/C7H7B3O/c8-6(11)7(9,10)5-3-1-2-4-5/h1-2,5H,3-4H2. The minimum absolute atomic E-state index is 0.0278. The van der Waals surface area contributed by atoms with E-state index in [2.05, 4.69) is 0 Å². The lowest BCUT2D eigenvalue weighted by Gasteiger charge is -2.30. The van der Waals surface area contributed by atoms with E-state index in [1.54, 1.807) is 0 Å². The largest absolute Gasteiger partial charge is 0.314 e. The fraction of sp³-hybridized carbons (Fsp3) is 0.571. The summed E-state index contributed by atoms with van der Waals surface area (Å²) in [4.78, 5) is 10.8. The highest BCUT2D eigenvalue weighted by Gasteiger charge is 2.31. The zero-order valence-corrected chi connectivity index (χ0v) is 6.29. The second kappa shape index (κ2) is 2.92. The molecule has 0 aromatic rings. The van der Waals surface area contributed by atoms with E-state index in [0.717, 1.165) is 12.8 Å². The molecule has 1 rings (SSSR count). The molecule has 0 bridgehead atoms. The first-order chi connectivity index (χ1) is 5.05. The van der Waals surface area contributed by atoms with Crippen LogP contribution in [0.25, 0.3) is 0 Å². The van der Waals surface area contributed by atoms with Gasteiger partial charge in [0, 0.05) is 0 Å². The molecule has 0 spiro atoms. The molecular weight excluding hydrogens is 133 g/mol. The van der Waals surface area contributed by atoms with Crippen LogP contribution < -0.4 is 0 Å². The summed E-state index contributed by atoms with van der Waals surface area (Å²) in [5, 5.41) is -1.34. The van der Waals surface area contributed by atoms with Crippen molar-refractivity contribution in [1.29, 1.82) is 0 Å². The summed E-state index contributed by atoms with van der Waals surface area (Å²) in [5.41, 5.74) is -0.633. The topological polar surface area (TPSA) is 17.1 Å². The van der Waals surface area contributed by atoms with E-state index >= 15 is 0 Å². The van der Waals surface area contributed by atoms with Crippen molar-refractivity contribution in [3.63, 3.8) is 0 Å². The summed E-state index contributed by atoms with van der Waals surface area (Å²) in [5.74, 6) is -0.0278. The maximum absolute atomic E-state index is 10.8. The molecule has 0 aliphatic heterocycles. The fourth-order valence-corrected chi connectivity index (χ4v) is 1.21. The summed E-state index contributed by atoms with van der Waals surface area (Å²) >= 11 is 0. The van der Waals surface area contributed by atoms with E-state index in [4.69, 9.17) is 23.5 Å². The minimum atomic E-state index is -1.34. The zero-order chi connectivity index (χ0) is 8.48. The molecule has 0 aromatic heterocycles. The van der Waals surface area contributed by atoms with Crippen LogP contribution >= 0.6 is 0 Å². The normalized spacial score (nSPS) is 18.9. The van der Waals surface area contributed by atoms with Crippen LogP contribution in [0, 0.1) is 5.92 Å². The van der Waals surface area contributed by atoms with E-state index in [9.17, 15) is 4.79 Å². The molecule has 0 N–H and O–H groups in total. The summed E-state index contributed by atoms with van der Waals surface area (Å²) in [6.07, 6.45) is 5.41. The third-order valence-electron chi connectivity index (χ3n) is 2.11. The predicted molar refractivity (Wildman–Crippen MR) is 46.8 cm³/mol. The maximum Gasteiger partial charge on any atom is 0.166 e. The predicted octanol–water partition coefficient (Wildman–Crippen LogP) is 0.101. The highest BCUT2D eigenvalue weighted by molar-refractivity contribution is 6.72. The highest BCUT2D eigenvalue weighted by Crippen LogP contribution is 2.37. The van der Waals surface area contributed by atoms with Gasteiger partial charge >= 0.3 is 0 Å². The van der Waals surface area contributed by atoms with Crippen molar-refractivity contribution in [2.75, 3.05) is 0 Å². The van der Waals surface area contributed by atoms with Gasteiger partial charge in [0.05, 0.1) is 21.4 Å². The van der Waals surface area contributed by atoms with Gasteiger partial charge in [0.15, 0.2) is 7.85 Å². The Hall–Kier alpha value is -0.395. The average molecular weight is 140 g/mol. The Bertz CT molecular complexity index is 190. The molecule has 0 aromatic carbocycles. The van der Waals surface area contributed by atoms with Crippen LogP contribution in [-0.4, -0.2) is 29.2 Å². The van der Waals surface area contributed by atoms with Crippen LogP contribution in [0.2, 0.25) is 5.21 Å². The van der Waals surface area contributed by atoms with Crippen molar-refractivity contribution < 1.29 is 4.79 Å². The maximum atomic E-state index is 10.8. The number of carbonyl (C=O) groups excluding carboxylic acids is 1. The van der Waals surface area contributed by atoms with Gasteiger partial charge in [-0.25, -0.2) is 0 Å². The van der Waals surface area contributed by atoms with E-state index in [1.807, 2.05) is 12.2 Å². The van der Waals surface area contributed by atoms with Crippen LogP contribution in [-0.2, 0) is 4.79 Å². The van der Waals surface area contributed by atoms with Crippen molar-refractivity contribution in [1.82, 2.24) is 0 Å². The summed E-state index contributed by atoms with van der Waals surface area (Å²) < 4.78 is 0. The molecule has 11 heavy (non-hydrogen) atoms. The smallest absolute Gasteiger partial charge is 0.166 e. The Morgan fingerprint density at radius 1 is 1.36 bits per heavy atom. The lowest BCUT2D eigenvalue weighted by molar-refractivity contribution is -0.113. The molecule has 0 amide bonds. The van der Waals surface area contributed by atoms with Crippen molar-refractivity contribution in [3.8, 4) is 0 Å². The molecule has 1 aliphatic rings. The summed E-state index contributed by atoms with van der Waals surface area (Å²) in [6.45, 7) is 0. The third kappa shape index (κ3) is 1.60. The van der Waals surface area contributed by atoms with Crippen molar-refractivity contribution >= 4 is 29.2 Å². The second-order valence-corrected chi connectivity index (χ2v) is 2.94. The highest BCUT2D eigenvalue weighted by atomic mass is 16.1. The third-order valence-corrected chi connectivity index (χ3v) is 2.11. The van der Waals surface area contributed by atoms with Crippen LogP contribution in [0.5, 0.6) is 0 Å². The quantitative estimate of drug-likeness (QED) is 0.392.